The Labute approximate surface area is 172 Å². The molecule has 1 amide bonds. The summed E-state index contributed by atoms with van der Waals surface area (Å²) in [6.45, 7) is 4.20. The molecule has 0 saturated carbocycles. The number of hydrogen-bond donors (Lipinski definition) is 0. The van der Waals surface area contributed by atoms with E-state index in [1.807, 2.05) is 22.4 Å². The van der Waals surface area contributed by atoms with Gasteiger partial charge in [-0.15, -0.1) is 16.4 Å². The Morgan fingerprint density at radius 2 is 2.14 bits per heavy atom. The summed E-state index contributed by atoms with van der Waals surface area (Å²) in [5.41, 5.74) is 1.45. The van der Waals surface area contributed by atoms with Gasteiger partial charge in [-0.1, -0.05) is 11.3 Å². The van der Waals surface area contributed by atoms with Gasteiger partial charge in [0.15, 0.2) is 17.0 Å². The summed E-state index contributed by atoms with van der Waals surface area (Å²) >= 11 is 1.61. The highest BCUT2D eigenvalue weighted by Crippen LogP contribution is 2.24. The molecule has 9 nitrogen and oxygen atoms in total. The molecule has 0 bridgehead atoms. The Kier molecular flexibility index (Phi) is 5.11. The number of hydrogen-bond acceptors (Lipinski definition) is 8. The molecule has 0 N–H and O–H groups in total. The van der Waals surface area contributed by atoms with Gasteiger partial charge in [-0.05, 0) is 24.3 Å². The molecular formula is C19H23N7O2S. The number of thiophene rings is 1. The summed E-state index contributed by atoms with van der Waals surface area (Å²) in [6, 6.07) is 3.98. The molecule has 29 heavy (non-hydrogen) atoms. The van der Waals surface area contributed by atoms with E-state index >= 15 is 0 Å². The minimum Gasteiger partial charge on any atom is -0.373 e. The molecule has 3 aromatic rings. The number of rotatable bonds is 5. The van der Waals surface area contributed by atoms with Crippen LogP contribution in [-0.2, 0) is 22.5 Å². The van der Waals surface area contributed by atoms with Crippen LogP contribution in [0.25, 0.3) is 11.2 Å². The molecule has 0 unspecified atom stereocenters. The van der Waals surface area contributed by atoms with Crippen LogP contribution in [0, 0.1) is 0 Å². The predicted molar refractivity (Wildman–Crippen MR) is 109 cm³/mol. The zero-order valence-corrected chi connectivity index (χ0v) is 16.9. The first-order valence-electron chi connectivity index (χ1n) is 9.99. The van der Waals surface area contributed by atoms with Crippen LogP contribution < -0.4 is 4.90 Å². The third kappa shape index (κ3) is 3.82. The van der Waals surface area contributed by atoms with Gasteiger partial charge in [0.1, 0.15) is 6.33 Å². The highest BCUT2D eigenvalue weighted by Gasteiger charge is 2.27. The van der Waals surface area contributed by atoms with Crippen molar-refractivity contribution in [3.8, 4) is 0 Å². The molecule has 2 saturated heterocycles. The molecule has 3 aromatic heterocycles. The fourth-order valence-electron chi connectivity index (χ4n) is 3.99. The average molecular weight is 414 g/mol. The van der Waals surface area contributed by atoms with Gasteiger partial charge < -0.3 is 14.5 Å². The van der Waals surface area contributed by atoms with E-state index < -0.39 is 0 Å². The van der Waals surface area contributed by atoms with E-state index in [4.69, 9.17) is 4.74 Å². The maximum atomic E-state index is 12.6. The SMILES string of the molecule is O=C(Cc1cccs1)N1CCO[C@@H](Cn2nnc3c(N4CCCC4)ncnc32)C1. The first-order valence-corrected chi connectivity index (χ1v) is 10.9. The zero-order chi connectivity index (χ0) is 19.6. The van der Waals surface area contributed by atoms with Gasteiger partial charge in [0.25, 0.3) is 0 Å². The molecule has 0 aromatic carbocycles. The van der Waals surface area contributed by atoms with E-state index in [1.165, 1.54) is 12.8 Å². The molecule has 152 valence electrons. The fraction of sp³-hybridized carbons (Fsp3) is 0.526. The summed E-state index contributed by atoms with van der Waals surface area (Å²) in [5.74, 6) is 0.999. The molecule has 5 heterocycles. The fourth-order valence-corrected chi connectivity index (χ4v) is 4.68. The summed E-state index contributed by atoms with van der Waals surface area (Å²) in [4.78, 5) is 26.7. The molecule has 2 aliphatic heterocycles. The van der Waals surface area contributed by atoms with Crippen LogP contribution in [0.5, 0.6) is 0 Å². The number of carbonyl (C=O) groups is 1. The van der Waals surface area contributed by atoms with Crippen molar-refractivity contribution < 1.29 is 9.53 Å². The second kappa shape index (κ2) is 8.03. The van der Waals surface area contributed by atoms with Crippen LogP contribution in [0.1, 0.15) is 17.7 Å². The molecule has 0 radical (unpaired) electrons. The quantitative estimate of drug-likeness (QED) is 0.624. The lowest BCUT2D eigenvalue weighted by molar-refractivity contribution is -0.138. The Morgan fingerprint density at radius 1 is 1.24 bits per heavy atom. The highest BCUT2D eigenvalue weighted by atomic mass is 32.1. The Morgan fingerprint density at radius 3 is 2.97 bits per heavy atom. The number of aromatic nitrogens is 5. The second-order valence-electron chi connectivity index (χ2n) is 7.42. The molecular weight excluding hydrogens is 390 g/mol. The minimum absolute atomic E-state index is 0.133. The topological polar surface area (TPSA) is 89.3 Å². The van der Waals surface area contributed by atoms with Gasteiger partial charge in [-0.3, -0.25) is 4.79 Å². The van der Waals surface area contributed by atoms with Crippen LogP contribution in [0.15, 0.2) is 23.8 Å². The molecule has 5 rings (SSSR count). The number of nitrogens with zero attached hydrogens (tertiary/aromatic N) is 7. The van der Waals surface area contributed by atoms with Gasteiger partial charge in [-0.2, -0.15) is 0 Å². The molecule has 1 atom stereocenters. The minimum atomic E-state index is -0.133. The normalized spacial score (nSPS) is 19.9. The van der Waals surface area contributed by atoms with E-state index in [2.05, 4.69) is 25.2 Å². The largest absolute Gasteiger partial charge is 0.373 e. The van der Waals surface area contributed by atoms with Gasteiger partial charge in [-0.25, -0.2) is 14.6 Å². The van der Waals surface area contributed by atoms with Gasteiger partial charge in [0.05, 0.1) is 25.7 Å². The smallest absolute Gasteiger partial charge is 0.227 e. The maximum Gasteiger partial charge on any atom is 0.227 e. The van der Waals surface area contributed by atoms with Crippen molar-refractivity contribution in [2.24, 2.45) is 0 Å². The summed E-state index contributed by atoms with van der Waals surface area (Å²) in [7, 11) is 0. The summed E-state index contributed by atoms with van der Waals surface area (Å²) < 4.78 is 7.68. The van der Waals surface area contributed by atoms with Crippen LogP contribution >= 0.6 is 11.3 Å². The van der Waals surface area contributed by atoms with Gasteiger partial charge in [0.2, 0.25) is 5.91 Å². The van der Waals surface area contributed by atoms with E-state index in [-0.39, 0.29) is 12.0 Å². The van der Waals surface area contributed by atoms with Crippen molar-refractivity contribution in [3.05, 3.63) is 28.7 Å². The molecule has 0 aliphatic carbocycles. The average Bonchev–Trinajstić information content (AvgIpc) is 3.51. The predicted octanol–water partition coefficient (Wildman–Crippen LogP) is 1.35. The Bertz CT molecular complexity index is 984. The van der Waals surface area contributed by atoms with Crippen LogP contribution in [-0.4, -0.2) is 74.7 Å². The second-order valence-corrected chi connectivity index (χ2v) is 8.46. The standard InChI is InChI=1S/C19H23N7O2S/c27-16(10-15-4-3-9-29-15)25-7-8-28-14(11-25)12-26-19-17(22-23-26)18(20-13-21-19)24-5-1-2-6-24/h3-4,9,13-14H,1-2,5-8,10-12H2/t14-/m1/s1. The highest BCUT2D eigenvalue weighted by molar-refractivity contribution is 7.10. The Hall–Kier alpha value is -2.59. The molecule has 2 aliphatic rings. The maximum absolute atomic E-state index is 12.6. The van der Waals surface area contributed by atoms with Crippen molar-refractivity contribution in [2.45, 2.75) is 31.9 Å². The molecule has 10 heteroatoms. The van der Waals surface area contributed by atoms with E-state index in [9.17, 15) is 4.79 Å². The van der Waals surface area contributed by atoms with Gasteiger partial charge >= 0.3 is 0 Å². The zero-order valence-electron chi connectivity index (χ0n) is 16.1. The van der Waals surface area contributed by atoms with Crippen molar-refractivity contribution in [1.29, 1.82) is 0 Å². The van der Waals surface area contributed by atoms with Crippen LogP contribution in [0.2, 0.25) is 0 Å². The van der Waals surface area contributed by atoms with Crippen molar-refractivity contribution >= 4 is 34.2 Å². The summed E-state index contributed by atoms with van der Waals surface area (Å²) in [5, 5.41) is 10.7. The lowest BCUT2D eigenvalue weighted by Gasteiger charge is -2.32. The van der Waals surface area contributed by atoms with Crippen molar-refractivity contribution in [2.75, 3.05) is 37.7 Å². The number of carbonyl (C=O) groups excluding carboxylic acids is 1. The third-order valence-corrected chi connectivity index (χ3v) is 6.34. The molecule has 2 fully saturated rings. The van der Waals surface area contributed by atoms with Crippen LogP contribution in [0.3, 0.4) is 0 Å². The number of amides is 1. The number of morpholine rings is 1. The van der Waals surface area contributed by atoms with Crippen molar-refractivity contribution in [3.63, 3.8) is 0 Å². The van der Waals surface area contributed by atoms with E-state index in [1.54, 1.807) is 22.3 Å². The first-order chi connectivity index (χ1) is 14.3. The van der Waals surface area contributed by atoms with Crippen molar-refractivity contribution in [1.82, 2.24) is 29.9 Å². The monoisotopic (exact) mass is 413 g/mol. The van der Waals surface area contributed by atoms with E-state index in [0.717, 1.165) is 29.3 Å². The number of ether oxygens (including phenoxy) is 1. The number of fused-ring (bicyclic) bond motifs is 1. The summed E-state index contributed by atoms with van der Waals surface area (Å²) in [6.07, 6.45) is 4.24. The van der Waals surface area contributed by atoms with Gasteiger partial charge in [0, 0.05) is 31.1 Å². The lowest BCUT2D eigenvalue weighted by Crippen LogP contribution is -2.47. The molecule has 0 spiro atoms. The van der Waals surface area contributed by atoms with Crippen LogP contribution in [0.4, 0.5) is 5.82 Å². The third-order valence-electron chi connectivity index (χ3n) is 5.46. The lowest BCUT2D eigenvalue weighted by atomic mass is 10.2. The Balaban J connectivity index is 1.29. The van der Waals surface area contributed by atoms with E-state index in [0.29, 0.717) is 38.3 Å². The first kappa shape index (κ1) is 18.4. The number of anilines is 1.